The summed E-state index contributed by atoms with van der Waals surface area (Å²) in [5.41, 5.74) is 4.42. The lowest BCUT2D eigenvalue weighted by Crippen LogP contribution is -2.56. The Morgan fingerprint density at radius 2 is 1.89 bits per heavy atom. The number of nitrogens with zero attached hydrogens (tertiary/aromatic N) is 4. The summed E-state index contributed by atoms with van der Waals surface area (Å²) in [7, 11) is 4.10. The Morgan fingerprint density at radius 1 is 1.11 bits per heavy atom. The van der Waals surface area contributed by atoms with E-state index in [0.717, 1.165) is 42.3 Å². The number of hydrogen-bond donors (Lipinski definition) is 1. The molecule has 36 heavy (non-hydrogen) atoms. The standard InChI is InChI=1S/C29H35N5O2/c1-20-31-27(21-9-11-23(12-10-21)33(2)3)16-28(32-20)26-18-34-14-13-22(26)15-24(34)17-30-29(35)19-36-25-7-5-4-6-8-25/h4-12,16,22,24,26H,13-15,17-19H2,1-3H3,(H,30,35)/t22-,24+,26+/m0/s1. The van der Waals surface area contributed by atoms with Crippen LogP contribution in [0.1, 0.15) is 30.3 Å². The van der Waals surface area contributed by atoms with Crippen LogP contribution in [-0.4, -0.2) is 67.2 Å². The number of amides is 1. The molecule has 0 aliphatic carbocycles. The zero-order valence-corrected chi connectivity index (χ0v) is 21.4. The highest BCUT2D eigenvalue weighted by Crippen LogP contribution is 2.41. The number of anilines is 1. The number of piperidine rings is 3. The number of fused-ring (bicyclic) bond motifs is 3. The fourth-order valence-corrected chi connectivity index (χ4v) is 5.49. The van der Waals surface area contributed by atoms with Crippen molar-refractivity contribution in [2.24, 2.45) is 5.92 Å². The van der Waals surface area contributed by atoms with Gasteiger partial charge in [0.25, 0.3) is 5.91 Å². The third-order valence-electron chi connectivity index (χ3n) is 7.44. The highest BCUT2D eigenvalue weighted by Gasteiger charge is 2.41. The molecule has 1 unspecified atom stereocenters. The van der Waals surface area contributed by atoms with Crippen LogP contribution >= 0.6 is 0 Å². The van der Waals surface area contributed by atoms with E-state index in [1.807, 2.05) is 51.4 Å². The lowest BCUT2D eigenvalue weighted by molar-refractivity contribution is -0.123. The fourth-order valence-electron chi connectivity index (χ4n) is 5.49. The first kappa shape index (κ1) is 24.3. The zero-order chi connectivity index (χ0) is 25.1. The monoisotopic (exact) mass is 485 g/mol. The SMILES string of the molecule is Cc1nc(-c2ccc(N(C)C)cc2)cc([C@@H]2CN3CC[C@H]2C[C@@H]3CNC(=O)COc2ccccc2)n1. The van der Waals surface area contributed by atoms with Gasteiger partial charge in [-0.2, -0.15) is 0 Å². The Balaban J connectivity index is 1.20. The molecule has 7 nitrogen and oxygen atoms in total. The fraction of sp³-hybridized carbons (Fsp3) is 0.414. The smallest absolute Gasteiger partial charge is 0.257 e. The predicted molar refractivity (Wildman–Crippen MR) is 142 cm³/mol. The van der Waals surface area contributed by atoms with Crippen LogP contribution in [0.15, 0.2) is 60.7 Å². The third-order valence-corrected chi connectivity index (χ3v) is 7.44. The average Bonchev–Trinajstić information content (AvgIpc) is 2.91. The van der Waals surface area contributed by atoms with Crippen LogP contribution in [0.4, 0.5) is 5.69 Å². The topological polar surface area (TPSA) is 70.6 Å². The molecular formula is C29H35N5O2. The molecule has 3 aliphatic heterocycles. The summed E-state index contributed by atoms with van der Waals surface area (Å²) in [6, 6.07) is 20.5. The Kier molecular flexibility index (Phi) is 7.18. The molecular weight excluding hydrogens is 450 g/mol. The number of carbonyl (C=O) groups is 1. The molecule has 0 saturated carbocycles. The van der Waals surface area contributed by atoms with Crippen molar-refractivity contribution in [2.45, 2.75) is 31.7 Å². The van der Waals surface area contributed by atoms with Gasteiger partial charge in [-0.05, 0) is 62.6 Å². The molecule has 0 radical (unpaired) electrons. The first-order valence-electron chi connectivity index (χ1n) is 12.8. The zero-order valence-electron chi connectivity index (χ0n) is 21.4. The van der Waals surface area contributed by atoms with E-state index in [1.54, 1.807) is 0 Å². The second-order valence-electron chi connectivity index (χ2n) is 10.1. The van der Waals surface area contributed by atoms with Gasteiger partial charge in [0.1, 0.15) is 11.6 Å². The first-order valence-corrected chi connectivity index (χ1v) is 12.8. The molecule has 188 valence electrons. The van der Waals surface area contributed by atoms with Crippen LogP contribution in [0.25, 0.3) is 11.3 Å². The van der Waals surface area contributed by atoms with E-state index in [9.17, 15) is 4.79 Å². The Bertz CT molecular complexity index is 1180. The Labute approximate surface area is 213 Å². The largest absolute Gasteiger partial charge is 0.484 e. The highest BCUT2D eigenvalue weighted by molar-refractivity contribution is 5.77. The summed E-state index contributed by atoms with van der Waals surface area (Å²) in [5.74, 6) is 2.42. The van der Waals surface area contributed by atoms with Crippen LogP contribution in [0.5, 0.6) is 5.75 Å². The van der Waals surface area contributed by atoms with E-state index in [4.69, 9.17) is 14.7 Å². The molecule has 0 spiro atoms. The van der Waals surface area contributed by atoms with Gasteiger partial charge in [0.05, 0.1) is 5.69 Å². The van der Waals surface area contributed by atoms with Gasteiger partial charge < -0.3 is 15.0 Å². The lowest BCUT2D eigenvalue weighted by Gasteiger charge is -2.49. The van der Waals surface area contributed by atoms with Gasteiger partial charge in [0, 0.05) is 56.1 Å². The normalized spacial score (nSPS) is 22.8. The number of rotatable bonds is 8. The van der Waals surface area contributed by atoms with Gasteiger partial charge in [-0.1, -0.05) is 30.3 Å². The number of aryl methyl sites for hydroxylation is 1. The number of hydrogen-bond acceptors (Lipinski definition) is 6. The predicted octanol–water partition coefficient (Wildman–Crippen LogP) is 3.89. The molecule has 3 aromatic rings. The van der Waals surface area contributed by atoms with Crippen molar-refractivity contribution >= 4 is 11.6 Å². The van der Waals surface area contributed by atoms with E-state index < -0.39 is 0 Å². The second kappa shape index (κ2) is 10.7. The summed E-state index contributed by atoms with van der Waals surface area (Å²) in [5, 5.41) is 3.08. The number of para-hydroxylation sites is 1. The van der Waals surface area contributed by atoms with Crippen molar-refractivity contribution in [3.05, 3.63) is 72.2 Å². The number of ether oxygens (including phenoxy) is 1. The minimum atomic E-state index is -0.0746. The Morgan fingerprint density at radius 3 is 2.58 bits per heavy atom. The molecule has 3 saturated heterocycles. The maximum atomic E-state index is 12.3. The van der Waals surface area contributed by atoms with Crippen LogP contribution in [0.2, 0.25) is 0 Å². The van der Waals surface area contributed by atoms with Gasteiger partial charge in [0.2, 0.25) is 0 Å². The molecule has 2 aromatic carbocycles. The third kappa shape index (κ3) is 5.51. The average molecular weight is 486 g/mol. The summed E-state index contributed by atoms with van der Waals surface area (Å²) in [4.78, 5) is 26.6. The van der Waals surface area contributed by atoms with Gasteiger partial charge in [-0.25, -0.2) is 9.97 Å². The summed E-state index contributed by atoms with van der Waals surface area (Å²) in [6.45, 7) is 4.73. The van der Waals surface area contributed by atoms with E-state index >= 15 is 0 Å². The molecule has 3 aliphatic rings. The molecule has 1 aromatic heterocycles. The van der Waals surface area contributed by atoms with Gasteiger partial charge in [-0.3, -0.25) is 9.69 Å². The minimum absolute atomic E-state index is 0.0430. The highest BCUT2D eigenvalue weighted by atomic mass is 16.5. The van der Waals surface area contributed by atoms with Crippen LogP contribution in [0.3, 0.4) is 0 Å². The van der Waals surface area contributed by atoms with Crippen LogP contribution < -0.4 is 15.0 Å². The van der Waals surface area contributed by atoms with Gasteiger partial charge in [0.15, 0.2) is 6.61 Å². The van der Waals surface area contributed by atoms with Crippen molar-refractivity contribution in [1.82, 2.24) is 20.2 Å². The number of nitrogens with one attached hydrogen (secondary N) is 1. The summed E-state index contributed by atoms with van der Waals surface area (Å²) >= 11 is 0. The Hall–Kier alpha value is -3.45. The molecule has 1 N–H and O–H groups in total. The van der Waals surface area contributed by atoms with Crippen molar-refractivity contribution in [1.29, 1.82) is 0 Å². The second-order valence-corrected chi connectivity index (χ2v) is 10.1. The minimum Gasteiger partial charge on any atom is -0.484 e. The molecule has 4 atom stereocenters. The maximum Gasteiger partial charge on any atom is 0.257 e. The maximum absolute atomic E-state index is 12.3. The molecule has 6 rings (SSSR count). The molecule has 7 heteroatoms. The molecule has 4 heterocycles. The van der Waals surface area contributed by atoms with E-state index in [-0.39, 0.29) is 12.5 Å². The van der Waals surface area contributed by atoms with E-state index in [0.29, 0.717) is 30.2 Å². The quantitative estimate of drug-likeness (QED) is 0.522. The van der Waals surface area contributed by atoms with Gasteiger partial charge >= 0.3 is 0 Å². The van der Waals surface area contributed by atoms with Crippen molar-refractivity contribution in [3.63, 3.8) is 0 Å². The number of benzene rings is 2. The molecule has 2 bridgehead atoms. The number of aromatic nitrogens is 2. The van der Waals surface area contributed by atoms with E-state index in [1.165, 1.54) is 12.1 Å². The van der Waals surface area contributed by atoms with Crippen molar-refractivity contribution in [3.8, 4) is 17.0 Å². The van der Waals surface area contributed by atoms with Gasteiger partial charge in [-0.15, -0.1) is 0 Å². The summed E-state index contributed by atoms with van der Waals surface area (Å²) < 4.78 is 5.58. The van der Waals surface area contributed by atoms with Crippen molar-refractivity contribution < 1.29 is 9.53 Å². The van der Waals surface area contributed by atoms with Crippen LogP contribution in [-0.2, 0) is 4.79 Å². The summed E-state index contributed by atoms with van der Waals surface area (Å²) in [6.07, 6.45) is 2.24. The van der Waals surface area contributed by atoms with Crippen LogP contribution in [0, 0.1) is 12.8 Å². The van der Waals surface area contributed by atoms with E-state index in [2.05, 4.69) is 45.4 Å². The first-order chi connectivity index (χ1) is 17.5. The van der Waals surface area contributed by atoms with Crippen molar-refractivity contribution in [2.75, 3.05) is 45.2 Å². The lowest BCUT2D eigenvalue weighted by atomic mass is 9.74. The number of carbonyl (C=O) groups excluding carboxylic acids is 1. The molecule has 3 fully saturated rings. The molecule has 1 amide bonds.